The fraction of sp³-hybridized carbons (Fsp3) is 0.353. The number of pyridine rings is 1. The predicted molar refractivity (Wildman–Crippen MR) is 79.1 cm³/mol. The molecule has 20 heavy (non-hydrogen) atoms. The zero-order valence-corrected chi connectivity index (χ0v) is 11.7. The lowest BCUT2D eigenvalue weighted by Crippen LogP contribution is -2.31. The molecule has 0 unspecified atom stereocenters. The van der Waals surface area contributed by atoms with Crippen molar-refractivity contribution >= 4 is 0 Å². The van der Waals surface area contributed by atoms with Crippen LogP contribution in [-0.4, -0.2) is 30.0 Å². The molecule has 1 saturated heterocycles. The molecule has 0 N–H and O–H groups in total. The van der Waals surface area contributed by atoms with E-state index in [0.29, 0.717) is 5.92 Å². The van der Waals surface area contributed by atoms with E-state index in [9.17, 15) is 4.39 Å². The van der Waals surface area contributed by atoms with Crippen molar-refractivity contribution in [1.82, 2.24) is 9.88 Å². The van der Waals surface area contributed by atoms with E-state index in [0.717, 1.165) is 23.5 Å². The van der Waals surface area contributed by atoms with Crippen LogP contribution in [0.1, 0.15) is 24.5 Å². The van der Waals surface area contributed by atoms with Crippen LogP contribution in [0.2, 0.25) is 0 Å². The Hall–Kier alpha value is -1.74. The number of likely N-dealkylation sites (tertiary alicyclic amines) is 1. The summed E-state index contributed by atoms with van der Waals surface area (Å²) in [6, 6.07) is 12.7. The van der Waals surface area contributed by atoms with Crippen LogP contribution in [0.15, 0.2) is 42.5 Å². The van der Waals surface area contributed by atoms with Gasteiger partial charge in [-0.25, -0.2) is 4.39 Å². The van der Waals surface area contributed by atoms with Crippen LogP contribution in [0, 0.1) is 5.82 Å². The molecule has 1 aliphatic rings. The van der Waals surface area contributed by atoms with Crippen molar-refractivity contribution in [3.05, 3.63) is 54.0 Å². The highest BCUT2D eigenvalue weighted by Crippen LogP contribution is 2.27. The molecule has 0 aliphatic carbocycles. The molecule has 3 heteroatoms. The minimum absolute atomic E-state index is 0.216. The number of piperidine rings is 1. The topological polar surface area (TPSA) is 16.1 Å². The number of hydrogen-bond donors (Lipinski definition) is 0. The van der Waals surface area contributed by atoms with Gasteiger partial charge in [0.25, 0.3) is 0 Å². The Balaban J connectivity index is 1.89. The zero-order chi connectivity index (χ0) is 13.9. The predicted octanol–water partition coefficient (Wildman–Crippen LogP) is 3.70. The molecular formula is C17H19FN2. The van der Waals surface area contributed by atoms with E-state index in [4.69, 9.17) is 4.98 Å². The van der Waals surface area contributed by atoms with Gasteiger partial charge in [0, 0.05) is 23.7 Å². The Labute approximate surface area is 119 Å². The van der Waals surface area contributed by atoms with Crippen molar-refractivity contribution in [2.45, 2.75) is 18.8 Å². The van der Waals surface area contributed by atoms with E-state index in [1.54, 1.807) is 12.1 Å². The Kier molecular flexibility index (Phi) is 3.79. The number of halogens is 1. The van der Waals surface area contributed by atoms with Gasteiger partial charge in [0.05, 0.1) is 5.69 Å². The Bertz CT molecular complexity index is 597. The maximum absolute atomic E-state index is 13.3. The highest BCUT2D eigenvalue weighted by atomic mass is 19.1. The number of hydrogen-bond acceptors (Lipinski definition) is 2. The summed E-state index contributed by atoms with van der Waals surface area (Å²) in [5.41, 5.74) is 2.82. The summed E-state index contributed by atoms with van der Waals surface area (Å²) in [6.45, 7) is 2.22. The molecule has 2 nitrogen and oxygen atoms in total. The fourth-order valence-electron chi connectivity index (χ4n) is 2.90. The average Bonchev–Trinajstić information content (AvgIpc) is 2.47. The van der Waals surface area contributed by atoms with E-state index < -0.39 is 0 Å². The van der Waals surface area contributed by atoms with E-state index >= 15 is 0 Å². The second-order valence-electron chi connectivity index (χ2n) is 5.56. The lowest BCUT2D eigenvalue weighted by molar-refractivity contribution is 0.248. The first kappa shape index (κ1) is 13.3. The third kappa shape index (κ3) is 2.88. The van der Waals surface area contributed by atoms with E-state index in [2.05, 4.69) is 18.0 Å². The number of rotatable bonds is 2. The van der Waals surface area contributed by atoms with Crippen molar-refractivity contribution in [2.24, 2.45) is 0 Å². The highest BCUT2D eigenvalue weighted by molar-refractivity contribution is 5.59. The SMILES string of the molecule is CN1CCC[C@@H](c2cccc(-c3cccc(F)c3)n2)C1. The molecule has 1 aromatic heterocycles. The van der Waals surface area contributed by atoms with Gasteiger partial charge >= 0.3 is 0 Å². The summed E-state index contributed by atoms with van der Waals surface area (Å²) < 4.78 is 13.3. The molecule has 1 aliphatic heterocycles. The maximum atomic E-state index is 13.3. The molecule has 104 valence electrons. The molecule has 3 rings (SSSR count). The lowest BCUT2D eigenvalue weighted by atomic mass is 9.94. The fourth-order valence-corrected chi connectivity index (χ4v) is 2.90. The van der Waals surface area contributed by atoms with Crippen molar-refractivity contribution in [1.29, 1.82) is 0 Å². The van der Waals surface area contributed by atoms with Crippen molar-refractivity contribution < 1.29 is 4.39 Å². The average molecular weight is 270 g/mol. The largest absolute Gasteiger partial charge is 0.306 e. The van der Waals surface area contributed by atoms with Crippen LogP contribution in [0.25, 0.3) is 11.3 Å². The quantitative estimate of drug-likeness (QED) is 0.827. The van der Waals surface area contributed by atoms with Gasteiger partial charge in [0.2, 0.25) is 0 Å². The van der Waals surface area contributed by atoms with Gasteiger partial charge in [0.1, 0.15) is 5.82 Å². The Morgan fingerprint density at radius 3 is 2.85 bits per heavy atom. The Morgan fingerprint density at radius 1 is 1.20 bits per heavy atom. The van der Waals surface area contributed by atoms with Crippen molar-refractivity contribution in [2.75, 3.05) is 20.1 Å². The summed E-state index contributed by atoms with van der Waals surface area (Å²) in [5, 5.41) is 0. The van der Waals surface area contributed by atoms with Crippen LogP contribution in [-0.2, 0) is 0 Å². The van der Waals surface area contributed by atoms with Gasteiger partial charge in [-0.1, -0.05) is 18.2 Å². The molecule has 0 bridgehead atoms. The third-order valence-corrected chi connectivity index (χ3v) is 3.93. The molecule has 0 amide bonds. The van der Waals surface area contributed by atoms with E-state index in [1.165, 1.54) is 25.5 Å². The second-order valence-corrected chi connectivity index (χ2v) is 5.56. The standard InChI is InChI=1S/C17H19FN2/c1-20-10-4-6-14(12-20)17-9-3-8-16(19-17)13-5-2-7-15(18)11-13/h2-3,5,7-9,11,14H,4,6,10,12H2,1H3/t14-/m1/s1. The monoisotopic (exact) mass is 270 g/mol. The molecular weight excluding hydrogens is 251 g/mol. The van der Waals surface area contributed by atoms with Crippen LogP contribution in [0.3, 0.4) is 0 Å². The summed E-state index contributed by atoms with van der Waals surface area (Å²) in [6.07, 6.45) is 2.40. The van der Waals surface area contributed by atoms with Gasteiger partial charge < -0.3 is 4.90 Å². The van der Waals surface area contributed by atoms with Crippen LogP contribution < -0.4 is 0 Å². The summed E-state index contributed by atoms with van der Waals surface area (Å²) in [4.78, 5) is 7.10. The minimum atomic E-state index is -0.216. The minimum Gasteiger partial charge on any atom is -0.306 e. The van der Waals surface area contributed by atoms with Gasteiger partial charge in [-0.05, 0) is 50.7 Å². The number of likely N-dealkylation sites (N-methyl/N-ethyl adjacent to an activating group) is 1. The number of nitrogens with zero attached hydrogens (tertiary/aromatic N) is 2. The van der Waals surface area contributed by atoms with E-state index in [-0.39, 0.29) is 5.82 Å². The summed E-state index contributed by atoms with van der Waals surface area (Å²) in [7, 11) is 2.16. The lowest BCUT2D eigenvalue weighted by Gasteiger charge is -2.29. The first-order chi connectivity index (χ1) is 9.72. The molecule has 2 heterocycles. The highest BCUT2D eigenvalue weighted by Gasteiger charge is 2.20. The molecule has 2 aromatic rings. The van der Waals surface area contributed by atoms with Crippen LogP contribution >= 0.6 is 0 Å². The van der Waals surface area contributed by atoms with Gasteiger partial charge in [-0.15, -0.1) is 0 Å². The van der Waals surface area contributed by atoms with Gasteiger partial charge in [-0.3, -0.25) is 4.98 Å². The van der Waals surface area contributed by atoms with Gasteiger partial charge in [0.15, 0.2) is 0 Å². The molecule has 0 spiro atoms. The van der Waals surface area contributed by atoms with Crippen molar-refractivity contribution in [3.63, 3.8) is 0 Å². The summed E-state index contributed by atoms with van der Waals surface area (Å²) >= 11 is 0. The molecule has 0 saturated carbocycles. The normalized spacial score (nSPS) is 20.0. The van der Waals surface area contributed by atoms with Crippen molar-refractivity contribution in [3.8, 4) is 11.3 Å². The second kappa shape index (κ2) is 5.71. The smallest absolute Gasteiger partial charge is 0.123 e. The molecule has 0 radical (unpaired) electrons. The Morgan fingerprint density at radius 2 is 2.05 bits per heavy atom. The first-order valence-corrected chi connectivity index (χ1v) is 7.14. The number of benzene rings is 1. The number of aromatic nitrogens is 1. The molecule has 1 aromatic carbocycles. The van der Waals surface area contributed by atoms with Crippen LogP contribution in [0.5, 0.6) is 0 Å². The zero-order valence-electron chi connectivity index (χ0n) is 11.7. The van der Waals surface area contributed by atoms with Crippen LogP contribution in [0.4, 0.5) is 4.39 Å². The van der Waals surface area contributed by atoms with Gasteiger partial charge in [-0.2, -0.15) is 0 Å². The maximum Gasteiger partial charge on any atom is 0.123 e. The first-order valence-electron chi connectivity index (χ1n) is 7.14. The third-order valence-electron chi connectivity index (χ3n) is 3.93. The molecule has 1 atom stereocenters. The molecule has 1 fully saturated rings. The van der Waals surface area contributed by atoms with E-state index in [1.807, 2.05) is 18.2 Å². The summed E-state index contributed by atoms with van der Waals surface area (Å²) in [5.74, 6) is 0.273.